The van der Waals surface area contributed by atoms with Crippen molar-refractivity contribution in [2.45, 2.75) is 26.3 Å². The fourth-order valence-electron chi connectivity index (χ4n) is 4.27. The Morgan fingerprint density at radius 1 is 0.933 bits per heavy atom. The number of rotatable bonds is 5. The maximum absolute atomic E-state index is 13.5. The quantitative estimate of drug-likeness (QED) is 0.501. The summed E-state index contributed by atoms with van der Waals surface area (Å²) in [6.07, 6.45) is 1.74. The molecule has 0 N–H and O–H groups in total. The Hall–Kier alpha value is -3.48. The molecule has 2 aliphatic rings. The molecule has 0 radical (unpaired) electrons. The van der Waals surface area contributed by atoms with Gasteiger partial charge in [0.2, 0.25) is 6.79 Å². The lowest BCUT2D eigenvalue weighted by Gasteiger charge is -2.16. The van der Waals surface area contributed by atoms with Gasteiger partial charge in [-0.15, -0.1) is 0 Å². The van der Waals surface area contributed by atoms with Gasteiger partial charge in [-0.3, -0.25) is 9.59 Å². The number of carbonyl (C=O) groups is 1. The minimum absolute atomic E-state index is 0.122. The number of benzene rings is 2. The van der Waals surface area contributed by atoms with Crippen LogP contribution in [0.1, 0.15) is 35.7 Å². The molecule has 0 unspecified atom stereocenters. The summed E-state index contributed by atoms with van der Waals surface area (Å²) in [6.45, 7) is 2.71. The minimum atomic E-state index is -0.156. The molecule has 7 heteroatoms. The van der Waals surface area contributed by atoms with Gasteiger partial charge in [0.05, 0.1) is 30.9 Å². The maximum atomic E-state index is 13.5. The van der Waals surface area contributed by atoms with Gasteiger partial charge in [0.25, 0.3) is 5.56 Å². The summed E-state index contributed by atoms with van der Waals surface area (Å²) in [5.41, 5.74) is 2.19. The number of ether oxygens (including phenoxy) is 4. The molecule has 1 aliphatic heterocycles. The number of hydrogen-bond acceptors (Lipinski definition) is 6. The van der Waals surface area contributed by atoms with Gasteiger partial charge in [-0.2, -0.15) is 0 Å². The Morgan fingerprint density at radius 3 is 2.20 bits per heavy atom. The molecule has 1 aliphatic carbocycles. The number of aromatic nitrogens is 1. The SMILES string of the molecule is CCCCn1c2c(c3cc(OC)c(OC)cc3c1=O)C(=O)c1cc3c(cc1-2)OCO3. The van der Waals surface area contributed by atoms with Crippen molar-refractivity contribution < 1.29 is 23.7 Å². The first-order chi connectivity index (χ1) is 14.6. The van der Waals surface area contributed by atoms with E-state index in [2.05, 4.69) is 6.92 Å². The van der Waals surface area contributed by atoms with E-state index >= 15 is 0 Å². The monoisotopic (exact) mass is 407 g/mol. The molecule has 0 saturated carbocycles. The number of methoxy groups -OCH3 is 2. The average molecular weight is 407 g/mol. The zero-order valence-corrected chi connectivity index (χ0v) is 17.0. The summed E-state index contributed by atoms with van der Waals surface area (Å²) in [5.74, 6) is 1.90. The maximum Gasteiger partial charge on any atom is 0.259 e. The Labute approximate surface area is 172 Å². The van der Waals surface area contributed by atoms with Gasteiger partial charge < -0.3 is 23.5 Å². The molecule has 0 spiro atoms. The van der Waals surface area contributed by atoms with Gasteiger partial charge in [-0.25, -0.2) is 0 Å². The lowest BCUT2D eigenvalue weighted by molar-refractivity contribution is 0.104. The second-order valence-corrected chi connectivity index (χ2v) is 7.37. The van der Waals surface area contributed by atoms with Crippen molar-refractivity contribution in [3.8, 4) is 34.3 Å². The fraction of sp³-hybridized carbons (Fsp3) is 0.304. The lowest BCUT2D eigenvalue weighted by Crippen LogP contribution is -2.23. The largest absolute Gasteiger partial charge is 0.493 e. The van der Waals surface area contributed by atoms with Crippen LogP contribution in [-0.4, -0.2) is 31.4 Å². The molecule has 154 valence electrons. The highest BCUT2D eigenvalue weighted by molar-refractivity contribution is 6.27. The van der Waals surface area contributed by atoms with Crippen molar-refractivity contribution in [3.63, 3.8) is 0 Å². The van der Waals surface area contributed by atoms with Crippen molar-refractivity contribution in [1.82, 2.24) is 4.57 Å². The van der Waals surface area contributed by atoms with Crippen LogP contribution in [0.2, 0.25) is 0 Å². The number of nitrogens with zero attached hydrogens (tertiary/aromatic N) is 1. The summed E-state index contributed by atoms with van der Waals surface area (Å²) in [6, 6.07) is 6.88. The third-order valence-electron chi connectivity index (χ3n) is 5.75. The van der Waals surface area contributed by atoms with Gasteiger partial charge in [0.1, 0.15) is 0 Å². The summed E-state index contributed by atoms with van der Waals surface area (Å²) < 4.78 is 23.5. The molecule has 5 rings (SSSR count). The van der Waals surface area contributed by atoms with E-state index in [1.165, 1.54) is 14.2 Å². The van der Waals surface area contributed by atoms with Crippen molar-refractivity contribution >= 4 is 16.6 Å². The molecule has 0 atom stereocenters. The van der Waals surface area contributed by atoms with Crippen LogP contribution in [0, 0.1) is 0 Å². The fourth-order valence-corrected chi connectivity index (χ4v) is 4.27. The van der Waals surface area contributed by atoms with Crippen LogP contribution < -0.4 is 24.5 Å². The van der Waals surface area contributed by atoms with Crippen LogP contribution in [0.5, 0.6) is 23.0 Å². The van der Waals surface area contributed by atoms with Gasteiger partial charge in [-0.05, 0) is 30.7 Å². The number of ketones is 1. The minimum Gasteiger partial charge on any atom is -0.493 e. The molecule has 3 aromatic rings. The highest BCUT2D eigenvalue weighted by atomic mass is 16.7. The van der Waals surface area contributed by atoms with Crippen LogP contribution in [0.3, 0.4) is 0 Å². The van der Waals surface area contributed by atoms with Crippen molar-refractivity contribution in [2.24, 2.45) is 0 Å². The van der Waals surface area contributed by atoms with E-state index in [1.54, 1.807) is 28.8 Å². The summed E-state index contributed by atoms with van der Waals surface area (Å²) in [7, 11) is 3.05. The molecular weight excluding hydrogens is 386 g/mol. The first-order valence-corrected chi connectivity index (χ1v) is 9.90. The normalized spacial score (nSPS) is 13.5. The van der Waals surface area contributed by atoms with Crippen molar-refractivity contribution in [3.05, 3.63) is 45.7 Å². The van der Waals surface area contributed by atoms with E-state index in [0.717, 1.165) is 12.8 Å². The topological polar surface area (TPSA) is 76.0 Å². The van der Waals surface area contributed by atoms with Gasteiger partial charge in [0, 0.05) is 23.1 Å². The van der Waals surface area contributed by atoms with E-state index in [0.29, 0.717) is 62.7 Å². The molecule has 0 saturated heterocycles. The molecule has 2 heterocycles. The lowest BCUT2D eigenvalue weighted by atomic mass is 10.0. The number of carbonyl (C=O) groups excluding carboxylic acids is 1. The standard InChI is InChI=1S/C23H21NO6/c1-4-5-6-24-21-13-8-18-19(30-11-29-18)9-14(13)22(25)20(21)12-7-16(27-2)17(28-3)10-15(12)23(24)26/h7-10H,4-6,11H2,1-3H3. The van der Waals surface area contributed by atoms with Crippen LogP contribution in [-0.2, 0) is 6.54 Å². The van der Waals surface area contributed by atoms with E-state index in [4.69, 9.17) is 18.9 Å². The zero-order chi connectivity index (χ0) is 21.0. The smallest absolute Gasteiger partial charge is 0.259 e. The molecule has 30 heavy (non-hydrogen) atoms. The van der Waals surface area contributed by atoms with Crippen LogP contribution in [0.4, 0.5) is 0 Å². The second kappa shape index (κ2) is 6.79. The Kier molecular flexibility index (Phi) is 4.20. The number of fused-ring (bicyclic) bond motifs is 6. The molecule has 2 aromatic carbocycles. The molecule has 0 fully saturated rings. The molecule has 0 bridgehead atoms. The number of unbranched alkanes of at least 4 members (excludes halogenated alkanes) is 1. The second-order valence-electron chi connectivity index (χ2n) is 7.37. The predicted octanol–water partition coefficient (Wildman–Crippen LogP) is 3.76. The van der Waals surface area contributed by atoms with E-state index in [9.17, 15) is 9.59 Å². The number of hydrogen-bond donors (Lipinski definition) is 0. The number of pyridine rings is 1. The molecule has 7 nitrogen and oxygen atoms in total. The van der Waals surface area contributed by atoms with E-state index in [-0.39, 0.29) is 18.1 Å². The molecule has 1 aromatic heterocycles. The third kappa shape index (κ3) is 2.44. The Balaban J connectivity index is 1.89. The van der Waals surface area contributed by atoms with E-state index in [1.807, 2.05) is 0 Å². The van der Waals surface area contributed by atoms with Crippen molar-refractivity contribution in [1.29, 1.82) is 0 Å². The summed E-state index contributed by atoms with van der Waals surface area (Å²) >= 11 is 0. The van der Waals surface area contributed by atoms with E-state index < -0.39 is 0 Å². The zero-order valence-electron chi connectivity index (χ0n) is 17.0. The third-order valence-corrected chi connectivity index (χ3v) is 5.75. The van der Waals surface area contributed by atoms with Gasteiger partial charge >= 0.3 is 0 Å². The highest BCUT2D eigenvalue weighted by Gasteiger charge is 2.35. The van der Waals surface area contributed by atoms with Crippen LogP contribution in [0.25, 0.3) is 22.0 Å². The van der Waals surface area contributed by atoms with Gasteiger partial charge in [-0.1, -0.05) is 13.3 Å². The Bertz CT molecular complexity index is 1270. The molecular formula is C23H21NO6. The van der Waals surface area contributed by atoms with Crippen molar-refractivity contribution in [2.75, 3.05) is 21.0 Å². The molecule has 0 amide bonds. The van der Waals surface area contributed by atoms with Crippen LogP contribution in [0.15, 0.2) is 29.1 Å². The average Bonchev–Trinajstić information content (AvgIpc) is 3.33. The van der Waals surface area contributed by atoms with Gasteiger partial charge in [0.15, 0.2) is 28.8 Å². The first-order valence-electron chi connectivity index (χ1n) is 9.90. The Morgan fingerprint density at radius 2 is 1.57 bits per heavy atom. The predicted molar refractivity (Wildman–Crippen MR) is 111 cm³/mol. The van der Waals surface area contributed by atoms with Crippen LogP contribution >= 0.6 is 0 Å². The summed E-state index contributed by atoms with van der Waals surface area (Å²) in [5, 5.41) is 0.993. The summed E-state index contributed by atoms with van der Waals surface area (Å²) in [4.78, 5) is 27.0. The highest BCUT2D eigenvalue weighted by Crippen LogP contribution is 2.46. The first kappa shape index (κ1) is 18.5.